The molecule has 0 aromatic carbocycles. The Hall–Kier alpha value is -1.80. The fourth-order valence-corrected chi connectivity index (χ4v) is 1.89. The minimum atomic E-state index is -3.46. The van der Waals surface area contributed by atoms with Crippen LogP contribution in [0.2, 0.25) is 0 Å². The molecule has 2 heterocycles. The minimum absolute atomic E-state index is 0.121. The summed E-state index contributed by atoms with van der Waals surface area (Å²) in [5.74, 6) is -0.121. The first kappa shape index (κ1) is 12.7. The Balaban J connectivity index is 2.05. The van der Waals surface area contributed by atoms with Crippen molar-refractivity contribution in [1.82, 2.24) is 10.1 Å². The van der Waals surface area contributed by atoms with Crippen LogP contribution in [-0.2, 0) is 20.8 Å². The summed E-state index contributed by atoms with van der Waals surface area (Å²) in [5.41, 5.74) is 1.48. The lowest BCUT2D eigenvalue weighted by Crippen LogP contribution is -2.40. The van der Waals surface area contributed by atoms with E-state index in [1.807, 2.05) is 0 Å². The predicted molar refractivity (Wildman–Crippen MR) is 60.7 cm³/mol. The zero-order chi connectivity index (χ0) is 13.0. The number of hydrogen-bond acceptors (Lipinski definition) is 6. The molecule has 7 nitrogen and oxygen atoms in total. The summed E-state index contributed by atoms with van der Waals surface area (Å²) >= 11 is 0. The van der Waals surface area contributed by atoms with Crippen molar-refractivity contribution in [2.45, 2.75) is 6.54 Å². The zero-order valence-corrected chi connectivity index (χ0v) is 10.5. The average Bonchev–Trinajstić information content (AvgIpc) is 2.91. The summed E-state index contributed by atoms with van der Waals surface area (Å²) in [7, 11) is -2.32. The van der Waals surface area contributed by atoms with Crippen molar-refractivity contribution < 1.29 is 21.7 Å². The number of rotatable bonds is 5. The number of aryl methyl sites for hydroxylation is 1. The molecule has 18 heavy (non-hydrogen) atoms. The van der Waals surface area contributed by atoms with Crippen LogP contribution < -0.4 is 4.68 Å². The maximum Gasteiger partial charge on any atom is 0.273 e. The molecular weight excluding hydrogens is 258 g/mol. The Labute approximate surface area is 104 Å². The molecule has 0 unspecified atom stereocenters. The van der Waals surface area contributed by atoms with E-state index in [4.69, 9.17) is 4.42 Å². The Kier molecular flexibility index (Phi) is 3.68. The SMILES string of the molecule is COS(=O)(=O)CC[n+]1ccc(-c2cocn2)cn1. The molecule has 0 N–H and O–H groups in total. The molecule has 2 aromatic rings. The second-order valence-corrected chi connectivity index (χ2v) is 5.34. The molecule has 0 atom stereocenters. The van der Waals surface area contributed by atoms with Gasteiger partial charge in [0, 0.05) is 11.6 Å². The summed E-state index contributed by atoms with van der Waals surface area (Å²) in [4.78, 5) is 3.98. The molecule has 0 spiro atoms. The van der Waals surface area contributed by atoms with Gasteiger partial charge >= 0.3 is 0 Å². The highest BCUT2D eigenvalue weighted by Crippen LogP contribution is 2.13. The topological polar surface area (TPSA) is 86.2 Å². The first-order valence-corrected chi connectivity index (χ1v) is 6.71. The van der Waals surface area contributed by atoms with Crippen molar-refractivity contribution in [2.24, 2.45) is 0 Å². The fraction of sp³-hybridized carbons (Fsp3) is 0.300. The van der Waals surface area contributed by atoms with Crippen molar-refractivity contribution in [3.8, 4) is 11.3 Å². The van der Waals surface area contributed by atoms with Crippen molar-refractivity contribution >= 4 is 10.1 Å². The van der Waals surface area contributed by atoms with Crippen LogP contribution in [0.25, 0.3) is 11.3 Å². The average molecular weight is 270 g/mol. The van der Waals surface area contributed by atoms with Crippen LogP contribution in [0.5, 0.6) is 0 Å². The van der Waals surface area contributed by atoms with Crippen LogP contribution in [0.4, 0.5) is 0 Å². The monoisotopic (exact) mass is 270 g/mol. The Morgan fingerprint density at radius 3 is 2.89 bits per heavy atom. The van der Waals surface area contributed by atoms with Gasteiger partial charge in [-0.05, 0) is 5.10 Å². The van der Waals surface area contributed by atoms with Crippen molar-refractivity contribution in [3.63, 3.8) is 0 Å². The van der Waals surface area contributed by atoms with Gasteiger partial charge in [-0.3, -0.25) is 4.18 Å². The highest BCUT2D eigenvalue weighted by molar-refractivity contribution is 7.86. The van der Waals surface area contributed by atoms with E-state index >= 15 is 0 Å². The molecule has 0 saturated heterocycles. The molecule has 8 heteroatoms. The molecular formula is C10H12N3O4S+. The van der Waals surface area contributed by atoms with Gasteiger partial charge in [0.1, 0.15) is 23.9 Å². The summed E-state index contributed by atoms with van der Waals surface area (Å²) in [5, 5.41) is 4.09. The highest BCUT2D eigenvalue weighted by Gasteiger charge is 2.14. The molecule has 0 radical (unpaired) electrons. The molecule has 2 aromatic heterocycles. The van der Waals surface area contributed by atoms with Crippen molar-refractivity contribution in [1.29, 1.82) is 0 Å². The van der Waals surface area contributed by atoms with Crippen LogP contribution >= 0.6 is 0 Å². The summed E-state index contributed by atoms with van der Waals surface area (Å²) < 4.78 is 33.0. The molecule has 0 aliphatic heterocycles. The highest BCUT2D eigenvalue weighted by atomic mass is 32.2. The summed E-state index contributed by atoms with van der Waals surface area (Å²) in [6.07, 6.45) is 6.12. The van der Waals surface area contributed by atoms with E-state index in [1.54, 1.807) is 18.5 Å². The Morgan fingerprint density at radius 2 is 2.33 bits per heavy atom. The van der Waals surface area contributed by atoms with Gasteiger partial charge in [0.2, 0.25) is 0 Å². The van der Waals surface area contributed by atoms with Crippen molar-refractivity contribution in [3.05, 3.63) is 31.1 Å². The normalized spacial score (nSPS) is 11.6. The molecule has 2 rings (SSSR count). The minimum Gasteiger partial charge on any atom is -0.451 e. The third-order valence-corrected chi connectivity index (χ3v) is 3.51. The maximum absolute atomic E-state index is 11.1. The number of hydrogen-bond donors (Lipinski definition) is 0. The third-order valence-electron chi connectivity index (χ3n) is 2.32. The fourth-order valence-electron chi connectivity index (χ4n) is 1.31. The van der Waals surface area contributed by atoms with Gasteiger partial charge in [-0.2, -0.15) is 8.42 Å². The molecule has 0 saturated carbocycles. The quantitative estimate of drug-likeness (QED) is 0.561. The molecule has 0 fully saturated rings. The van der Waals surface area contributed by atoms with E-state index in [0.29, 0.717) is 5.69 Å². The second kappa shape index (κ2) is 5.23. The summed E-state index contributed by atoms with van der Waals surface area (Å²) in [6, 6.07) is 1.78. The number of aromatic nitrogens is 3. The van der Waals surface area contributed by atoms with Crippen LogP contribution in [0.1, 0.15) is 0 Å². The van der Waals surface area contributed by atoms with E-state index in [1.165, 1.54) is 17.3 Å². The maximum atomic E-state index is 11.1. The number of oxazole rings is 1. The molecule has 0 aliphatic carbocycles. The van der Waals surface area contributed by atoms with Gasteiger partial charge < -0.3 is 4.42 Å². The van der Waals surface area contributed by atoms with E-state index in [-0.39, 0.29) is 12.3 Å². The molecule has 0 bridgehead atoms. The number of nitrogens with zero attached hydrogens (tertiary/aromatic N) is 3. The lowest BCUT2D eigenvalue weighted by atomic mass is 10.2. The van der Waals surface area contributed by atoms with Gasteiger partial charge in [0.05, 0.1) is 7.11 Å². The predicted octanol–water partition coefficient (Wildman–Crippen LogP) is 0.000300. The lowest BCUT2D eigenvalue weighted by Gasteiger charge is -1.97. The standard InChI is InChI=1S/C10H12N3O4S/c1-16-18(14,15)5-4-13-3-2-9(6-12-13)10-7-17-8-11-10/h2-3,6-8H,4-5H2,1H3/q+1. The van der Waals surface area contributed by atoms with Crippen LogP contribution in [0.15, 0.2) is 35.5 Å². The van der Waals surface area contributed by atoms with E-state index in [0.717, 1.165) is 12.7 Å². The van der Waals surface area contributed by atoms with Gasteiger partial charge in [0.25, 0.3) is 10.1 Å². The Morgan fingerprint density at radius 1 is 1.50 bits per heavy atom. The molecule has 96 valence electrons. The third kappa shape index (κ3) is 3.11. The largest absolute Gasteiger partial charge is 0.451 e. The molecule has 0 aliphatic rings. The van der Waals surface area contributed by atoms with Crippen molar-refractivity contribution in [2.75, 3.05) is 12.9 Å². The van der Waals surface area contributed by atoms with Gasteiger partial charge in [-0.1, -0.05) is 4.68 Å². The van der Waals surface area contributed by atoms with Crippen LogP contribution in [-0.4, -0.2) is 31.4 Å². The van der Waals surface area contributed by atoms with E-state index in [2.05, 4.69) is 14.3 Å². The smallest absolute Gasteiger partial charge is 0.273 e. The first-order chi connectivity index (χ1) is 8.61. The van der Waals surface area contributed by atoms with Gasteiger partial charge in [0.15, 0.2) is 19.1 Å². The van der Waals surface area contributed by atoms with E-state index in [9.17, 15) is 8.42 Å². The molecule has 0 amide bonds. The van der Waals surface area contributed by atoms with E-state index < -0.39 is 10.1 Å². The van der Waals surface area contributed by atoms with Gasteiger partial charge in [-0.25, -0.2) is 4.98 Å². The van der Waals surface area contributed by atoms with Crippen LogP contribution in [0.3, 0.4) is 0 Å². The van der Waals surface area contributed by atoms with Crippen LogP contribution in [0, 0.1) is 0 Å². The summed E-state index contributed by atoms with van der Waals surface area (Å²) in [6.45, 7) is 0.231. The first-order valence-electron chi connectivity index (χ1n) is 5.13. The van der Waals surface area contributed by atoms with Gasteiger partial charge in [-0.15, -0.1) is 0 Å². The second-order valence-electron chi connectivity index (χ2n) is 3.48. The zero-order valence-electron chi connectivity index (χ0n) is 9.68. The Bertz CT molecular complexity index is 593. The lowest BCUT2D eigenvalue weighted by molar-refractivity contribution is -0.750.